The van der Waals surface area contributed by atoms with Crippen LogP contribution in [0.2, 0.25) is 0 Å². The molecule has 0 heterocycles. The summed E-state index contributed by atoms with van der Waals surface area (Å²) < 4.78 is 5.66. The fourth-order valence-corrected chi connectivity index (χ4v) is 2.39. The summed E-state index contributed by atoms with van der Waals surface area (Å²) in [7, 11) is 5.92. The number of nitrogens with zero attached hydrogens (tertiary/aromatic N) is 2. The maximum atomic E-state index is 5.66. The van der Waals surface area contributed by atoms with E-state index in [1.54, 1.807) is 7.05 Å². The highest BCUT2D eigenvalue weighted by molar-refractivity contribution is 14.0. The first kappa shape index (κ1) is 22.2. The first-order chi connectivity index (χ1) is 12.2. The Kier molecular flexibility index (Phi) is 10.7. The quantitative estimate of drug-likeness (QED) is 0.271. The van der Waals surface area contributed by atoms with Gasteiger partial charge in [-0.05, 0) is 37.4 Å². The first-order valence-electron chi connectivity index (χ1n) is 8.52. The third-order valence-electron chi connectivity index (χ3n) is 3.61. The molecule has 5 nitrogen and oxygen atoms in total. The minimum absolute atomic E-state index is 0. The number of nitrogens with one attached hydrogen (secondary N) is 2. The molecule has 0 aromatic heterocycles. The summed E-state index contributed by atoms with van der Waals surface area (Å²) in [5, 5.41) is 6.57. The monoisotopic (exact) mass is 468 g/mol. The summed E-state index contributed by atoms with van der Waals surface area (Å²) in [5.41, 5.74) is 2.54. The molecule has 2 N–H and O–H groups in total. The standard InChI is InChI=1S/C20H28N4O.HI/c1-21-20(22-13-14-25-19-7-5-4-6-8-19)23-15-17-9-11-18(12-10-17)16-24(2)3;/h4-12H,13-16H2,1-3H3,(H2,21,22,23);1H. The highest BCUT2D eigenvalue weighted by Crippen LogP contribution is 2.07. The predicted octanol–water partition coefficient (Wildman–Crippen LogP) is 3.11. The SMILES string of the molecule is CN=C(NCCOc1ccccc1)NCc1ccc(CN(C)C)cc1.I. The van der Waals surface area contributed by atoms with E-state index in [0.29, 0.717) is 13.2 Å². The second kappa shape index (κ2) is 12.5. The van der Waals surface area contributed by atoms with Crippen LogP contribution in [0.1, 0.15) is 11.1 Å². The average molecular weight is 468 g/mol. The second-order valence-electron chi connectivity index (χ2n) is 6.07. The molecule has 0 fully saturated rings. The van der Waals surface area contributed by atoms with Crippen molar-refractivity contribution in [3.05, 3.63) is 65.7 Å². The molecule has 0 saturated carbocycles. The van der Waals surface area contributed by atoms with Crippen LogP contribution in [-0.2, 0) is 13.1 Å². The van der Waals surface area contributed by atoms with Crippen LogP contribution in [0.15, 0.2) is 59.6 Å². The molecule has 0 spiro atoms. The Labute approximate surface area is 173 Å². The van der Waals surface area contributed by atoms with E-state index in [2.05, 4.69) is 58.9 Å². The van der Waals surface area contributed by atoms with Crippen molar-refractivity contribution in [2.24, 2.45) is 4.99 Å². The molecule has 0 bridgehead atoms. The summed E-state index contributed by atoms with van der Waals surface area (Å²) >= 11 is 0. The van der Waals surface area contributed by atoms with Crippen molar-refractivity contribution in [2.75, 3.05) is 34.3 Å². The number of hydrogen-bond donors (Lipinski definition) is 2. The molecule has 0 unspecified atom stereocenters. The van der Waals surface area contributed by atoms with Gasteiger partial charge in [0.1, 0.15) is 12.4 Å². The number of para-hydroxylation sites is 1. The summed E-state index contributed by atoms with van der Waals surface area (Å²) in [6, 6.07) is 18.4. The highest BCUT2D eigenvalue weighted by Gasteiger charge is 2.00. The molecular weight excluding hydrogens is 439 g/mol. The predicted molar refractivity (Wildman–Crippen MR) is 119 cm³/mol. The molecule has 0 amide bonds. The number of hydrogen-bond acceptors (Lipinski definition) is 3. The van der Waals surface area contributed by atoms with Gasteiger partial charge in [-0.25, -0.2) is 0 Å². The summed E-state index contributed by atoms with van der Waals surface area (Å²) in [6.07, 6.45) is 0. The first-order valence-corrected chi connectivity index (χ1v) is 8.52. The number of guanidine groups is 1. The maximum Gasteiger partial charge on any atom is 0.191 e. The van der Waals surface area contributed by atoms with Crippen molar-refractivity contribution < 1.29 is 4.74 Å². The van der Waals surface area contributed by atoms with Gasteiger partial charge in [0.05, 0.1) is 6.54 Å². The smallest absolute Gasteiger partial charge is 0.191 e. The van der Waals surface area contributed by atoms with Gasteiger partial charge < -0.3 is 20.3 Å². The van der Waals surface area contributed by atoms with Gasteiger partial charge in [0, 0.05) is 20.1 Å². The summed E-state index contributed by atoms with van der Waals surface area (Å²) in [5.74, 6) is 1.65. The van der Waals surface area contributed by atoms with Gasteiger partial charge in [0.15, 0.2) is 5.96 Å². The highest BCUT2D eigenvalue weighted by atomic mass is 127. The third kappa shape index (κ3) is 8.53. The van der Waals surface area contributed by atoms with Crippen LogP contribution in [0.3, 0.4) is 0 Å². The molecule has 6 heteroatoms. The lowest BCUT2D eigenvalue weighted by molar-refractivity contribution is 0.322. The molecular formula is C20H29IN4O. The molecule has 0 aliphatic rings. The fraction of sp³-hybridized carbons (Fsp3) is 0.350. The fourth-order valence-electron chi connectivity index (χ4n) is 2.39. The Morgan fingerprint density at radius 2 is 1.62 bits per heavy atom. The number of rotatable bonds is 8. The lowest BCUT2D eigenvalue weighted by Gasteiger charge is -2.13. The van der Waals surface area contributed by atoms with Crippen LogP contribution in [0, 0.1) is 0 Å². The van der Waals surface area contributed by atoms with E-state index in [1.165, 1.54) is 11.1 Å². The molecule has 0 aliphatic heterocycles. The number of benzene rings is 2. The van der Waals surface area contributed by atoms with Crippen molar-refractivity contribution in [3.8, 4) is 5.75 Å². The van der Waals surface area contributed by atoms with E-state index in [0.717, 1.165) is 24.8 Å². The van der Waals surface area contributed by atoms with E-state index in [-0.39, 0.29) is 24.0 Å². The zero-order chi connectivity index (χ0) is 17.9. The van der Waals surface area contributed by atoms with Crippen LogP contribution < -0.4 is 15.4 Å². The van der Waals surface area contributed by atoms with Gasteiger partial charge in [0.2, 0.25) is 0 Å². The van der Waals surface area contributed by atoms with E-state index < -0.39 is 0 Å². The molecule has 2 aromatic carbocycles. The van der Waals surface area contributed by atoms with Crippen molar-refractivity contribution in [1.29, 1.82) is 0 Å². The average Bonchev–Trinajstić information content (AvgIpc) is 2.63. The van der Waals surface area contributed by atoms with E-state index in [9.17, 15) is 0 Å². The molecule has 2 aromatic rings. The zero-order valence-electron chi connectivity index (χ0n) is 15.7. The number of aliphatic imine (C=N–C) groups is 1. The van der Waals surface area contributed by atoms with E-state index in [1.807, 2.05) is 30.3 Å². The summed E-state index contributed by atoms with van der Waals surface area (Å²) in [4.78, 5) is 6.40. The van der Waals surface area contributed by atoms with Crippen LogP contribution in [0.25, 0.3) is 0 Å². The van der Waals surface area contributed by atoms with Gasteiger partial charge >= 0.3 is 0 Å². The molecule has 0 atom stereocenters. The Balaban J connectivity index is 0.00000338. The Bertz CT molecular complexity index is 645. The Morgan fingerprint density at radius 3 is 2.23 bits per heavy atom. The zero-order valence-corrected chi connectivity index (χ0v) is 18.1. The van der Waals surface area contributed by atoms with Crippen molar-refractivity contribution in [2.45, 2.75) is 13.1 Å². The number of ether oxygens (including phenoxy) is 1. The minimum Gasteiger partial charge on any atom is -0.492 e. The Morgan fingerprint density at radius 1 is 0.962 bits per heavy atom. The van der Waals surface area contributed by atoms with E-state index >= 15 is 0 Å². The Hall–Kier alpha value is -1.80. The van der Waals surface area contributed by atoms with Gasteiger partial charge in [0.25, 0.3) is 0 Å². The number of halogens is 1. The van der Waals surface area contributed by atoms with Crippen LogP contribution in [0.5, 0.6) is 5.75 Å². The maximum absolute atomic E-state index is 5.66. The second-order valence-corrected chi connectivity index (χ2v) is 6.07. The third-order valence-corrected chi connectivity index (χ3v) is 3.61. The van der Waals surface area contributed by atoms with Gasteiger partial charge in [-0.15, -0.1) is 24.0 Å². The molecule has 0 radical (unpaired) electrons. The molecule has 0 aliphatic carbocycles. The van der Waals surface area contributed by atoms with Gasteiger partial charge in [-0.1, -0.05) is 42.5 Å². The van der Waals surface area contributed by atoms with Gasteiger partial charge in [-0.3, -0.25) is 4.99 Å². The van der Waals surface area contributed by atoms with Crippen LogP contribution in [0.4, 0.5) is 0 Å². The van der Waals surface area contributed by atoms with E-state index in [4.69, 9.17) is 4.74 Å². The minimum atomic E-state index is 0. The summed E-state index contributed by atoms with van der Waals surface area (Å²) in [6.45, 7) is 2.97. The molecule has 26 heavy (non-hydrogen) atoms. The lowest BCUT2D eigenvalue weighted by Crippen LogP contribution is -2.38. The van der Waals surface area contributed by atoms with Crippen molar-refractivity contribution in [3.63, 3.8) is 0 Å². The van der Waals surface area contributed by atoms with Crippen molar-refractivity contribution in [1.82, 2.24) is 15.5 Å². The molecule has 142 valence electrons. The topological polar surface area (TPSA) is 48.9 Å². The van der Waals surface area contributed by atoms with Crippen molar-refractivity contribution >= 4 is 29.9 Å². The van der Waals surface area contributed by atoms with Crippen LogP contribution in [-0.4, -0.2) is 45.2 Å². The van der Waals surface area contributed by atoms with Gasteiger partial charge in [-0.2, -0.15) is 0 Å². The lowest BCUT2D eigenvalue weighted by atomic mass is 10.1. The van der Waals surface area contributed by atoms with Crippen LogP contribution >= 0.6 is 24.0 Å². The normalized spacial score (nSPS) is 11.0. The molecule has 2 rings (SSSR count). The largest absolute Gasteiger partial charge is 0.492 e. The molecule has 0 saturated heterocycles.